The number of ether oxygens (including phenoxy) is 3. The number of likely N-dealkylation sites (tertiary alicyclic amines) is 1. The van der Waals surface area contributed by atoms with Crippen molar-refractivity contribution in [3.8, 4) is 0 Å². The van der Waals surface area contributed by atoms with Gasteiger partial charge in [0.25, 0.3) is 0 Å². The van der Waals surface area contributed by atoms with Gasteiger partial charge in [0.15, 0.2) is 0 Å². The van der Waals surface area contributed by atoms with Crippen LogP contribution in [0.1, 0.15) is 67.2 Å². The third-order valence-corrected chi connectivity index (χ3v) is 10.7. The van der Waals surface area contributed by atoms with E-state index in [-0.39, 0.29) is 30.8 Å². The fraction of sp³-hybridized carbons (Fsp3) is 0.543. The monoisotopic (exact) mass is 603 g/mol. The van der Waals surface area contributed by atoms with Gasteiger partial charge in [0.2, 0.25) is 0 Å². The Morgan fingerprint density at radius 3 is 2.37 bits per heavy atom. The molecule has 1 amide bonds. The van der Waals surface area contributed by atoms with Crippen LogP contribution < -0.4 is 0 Å². The van der Waals surface area contributed by atoms with Crippen molar-refractivity contribution in [2.75, 3.05) is 19.8 Å². The first kappa shape index (κ1) is 31.5. The zero-order valence-corrected chi connectivity index (χ0v) is 27.2. The summed E-state index contributed by atoms with van der Waals surface area (Å²) in [4.78, 5) is 15.5. The van der Waals surface area contributed by atoms with Crippen molar-refractivity contribution in [3.63, 3.8) is 0 Å². The molecule has 2 unspecified atom stereocenters. The van der Waals surface area contributed by atoms with Gasteiger partial charge in [-0.2, -0.15) is 5.10 Å². The van der Waals surface area contributed by atoms with E-state index in [9.17, 15) is 4.79 Å². The van der Waals surface area contributed by atoms with E-state index in [4.69, 9.17) is 14.2 Å². The van der Waals surface area contributed by atoms with Crippen LogP contribution >= 0.6 is 0 Å². The van der Waals surface area contributed by atoms with Gasteiger partial charge >= 0.3 is 6.09 Å². The maximum atomic E-state index is 13.5. The molecule has 0 bridgehead atoms. The predicted molar refractivity (Wildman–Crippen MR) is 173 cm³/mol. The minimum absolute atomic E-state index is 0.0989. The molecule has 2 fully saturated rings. The average molecular weight is 604 g/mol. The number of hydrogen-bond acceptors (Lipinski definition) is 5. The van der Waals surface area contributed by atoms with Gasteiger partial charge in [-0.25, -0.2) is 9.48 Å². The van der Waals surface area contributed by atoms with Crippen LogP contribution in [0.15, 0.2) is 72.9 Å². The third-order valence-electron chi connectivity index (χ3n) is 9.01. The molecular formula is C35H49N3O4Si. The van der Waals surface area contributed by atoms with E-state index >= 15 is 0 Å². The standard InChI is InChI=1S/C35H49N3O4Si/c1-43(2,3)24-23-40-27-38-33(20-21-36-38)32-15-10-22-37(35(39)42-25-28-11-6-4-7-12-28)34(32)26-41-31-18-16-30(17-19-31)29-13-8-5-9-14-29/h4-9,11-14,20-21,30-32,34H,10,15-19,22-27H2,1-3H3. The number of carbonyl (C=O) groups is 1. The number of amides is 1. The lowest BCUT2D eigenvalue weighted by molar-refractivity contribution is -0.0282. The van der Waals surface area contributed by atoms with Gasteiger partial charge in [-0.1, -0.05) is 80.3 Å². The largest absolute Gasteiger partial charge is 0.445 e. The van der Waals surface area contributed by atoms with Gasteiger partial charge in [0.05, 0.1) is 18.8 Å². The van der Waals surface area contributed by atoms with Crippen LogP contribution in [0.2, 0.25) is 25.7 Å². The quantitative estimate of drug-likeness (QED) is 0.156. The molecule has 2 aliphatic rings. The number of nitrogens with zero attached hydrogens (tertiary/aromatic N) is 3. The Balaban J connectivity index is 1.26. The van der Waals surface area contributed by atoms with Gasteiger partial charge < -0.3 is 19.1 Å². The average Bonchev–Trinajstić information content (AvgIpc) is 3.50. The zero-order valence-electron chi connectivity index (χ0n) is 26.2. The smallest absolute Gasteiger partial charge is 0.410 e. The maximum Gasteiger partial charge on any atom is 0.410 e. The second-order valence-corrected chi connectivity index (χ2v) is 19.0. The number of benzene rings is 2. The number of carbonyl (C=O) groups excluding carboxylic acids is 1. The van der Waals surface area contributed by atoms with E-state index in [0.29, 0.717) is 25.8 Å². The van der Waals surface area contributed by atoms with Crippen molar-refractivity contribution >= 4 is 14.2 Å². The second kappa shape index (κ2) is 15.2. The van der Waals surface area contributed by atoms with Gasteiger partial charge in [0.1, 0.15) is 13.3 Å². The maximum absolute atomic E-state index is 13.5. The molecule has 1 saturated carbocycles. The van der Waals surface area contributed by atoms with E-state index in [1.165, 1.54) is 5.56 Å². The van der Waals surface area contributed by atoms with Crippen molar-refractivity contribution in [2.45, 2.75) is 102 Å². The van der Waals surface area contributed by atoms with Gasteiger partial charge in [0, 0.05) is 39.0 Å². The molecule has 1 saturated heterocycles. The number of hydrogen-bond donors (Lipinski definition) is 0. The summed E-state index contributed by atoms with van der Waals surface area (Å²) in [6.45, 7) is 9.69. The molecule has 2 atom stereocenters. The summed E-state index contributed by atoms with van der Waals surface area (Å²) in [7, 11) is -1.17. The van der Waals surface area contributed by atoms with E-state index < -0.39 is 8.07 Å². The van der Waals surface area contributed by atoms with Gasteiger partial charge in [-0.05, 0) is 67.7 Å². The van der Waals surface area contributed by atoms with Crippen LogP contribution in [0.5, 0.6) is 0 Å². The van der Waals surface area contributed by atoms with Crippen molar-refractivity contribution in [1.29, 1.82) is 0 Å². The van der Waals surface area contributed by atoms with Crippen LogP contribution in [0.25, 0.3) is 0 Å². The van der Waals surface area contributed by atoms with Crippen molar-refractivity contribution in [2.24, 2.45) is 0 Å². The molecule has 1 aliphatic carbocycles. The summed E-state index contributed by atoms with van der Waals surface area (Å²) >= 11 is 0. The fourth-order valence-electron chi connectivity index (χ4n) is 6.45. The zero-order chi connectivity index (χ0) is 30.1. The molecule has 1 aliphatic heterocycles. The van der Waals surface area contributed by atoms with Gasteiger partial charge in [-0.15, -0.1) is 0 Å². The topological polar surface area (TPSA) is 65.8 Å². The summed E-state index contributed by atoms with van der Waals surface area (Å²) in [6, 6.07) is 23.8. The minimum atomic E-state index is -1.17. The molecule has 2 heterocycles. The van der Waals surface area contributed by atoms with Crippen LogP contribution in [0.4, 0.5) is 4.79 Å². The Kier molecular flexibility index (Phi) is 11.1. The van der Waals surface area contributed by atoms with Crippen molar-refractivity contribution < 1.29 is 19.0 Å². The molecule has 0 radical (unpaired) electrons. The number of rotatable bonds is 12. The Bertz CT molecular complexity index is 1250. The van der Waals surface area contributed by atoms with E-state index in [1.807, 2.05) is 46.1 Å². The predicted octanol–water partition coefficient (Wildman–Crippen LogP) is 7.82. The minimum Gasteiger partial charge on any atom is -0.445 e. The summed E-state index contributed by atoms with van der Waals surface area (Å²) in [6.07, 6.45) is 8.01. The Hall–Kier alpha value is -2.94. The van der Waals surface area contributed by atoms with Crippen molar-refractivity contribution in [3.05, 3.63) is 89.7 Å². The molecule has 232 valence electrons. The number of piperidine rings is 1. The van der Waals surface area contributed by atoms with Crippen LogP contribution in [-0.4, -0.2) is 60.8 Å². The fourth-order valence-corrected chi connectivity index (χ4v) is 7.21. The first-order valence-electron chi connectivity index (χ1n) is 16.1. The highest BCUT2D eigenvalue weighted by molar-refractivity contribution is 6.76. The van der Waals surface area contributed by atoms with Crippen LogP contribution in [-0.2, 0) is 27.5 Å². The molecule has 3 aromatic rings. The highest BCUT2D eigenvalue weighted by Crippen LogP contribution is 2.37. The van der Waals surface area contributed by atoms with Gasteiger partial charge in [-0.3, -0.25) is 0 Å². The highest BCUT2D eigenvalue weighted by Gasteiger charge is 2.38. The summed E-state index contributed by atoms with van der Waals surface area (Å²) < 4.78 is 20.6. The third kappa shape index (κ3) is 9.03. The molecule has 7 nitrogen and oxygen atoms in total. The Morgan fingerprint density at radius 2 is 1.65 bits per heavy atom. The first-order chi connectivity index (χ1) is 20.9. The number of aromatic nitrogens is 2. The molecule has 8 heteroatoms. The highest BCUT2D eigenvalue weighted by atomic mass is 28.3. The van der Waals surface area contributed by atoms with Crippen molar-refractivity contribution in [1.82, 2.24) is 14.7 Å². The second-order valence-electron chi connectivity index (χ2n) is 13.4. The molecular weight excluding hydrogens is 554 g/mol. The summed E-state index contributed by atoms with van der Waals surface area (Å²) in [5.41, 5.74) is 3.52. The lowest BCUT2D eigenvalue weighted by Crippen LogP contribution is -2.51. The molecule has 2 aromatic carbocycles. The van der Waals surface area contributed by atoms with E-state index in [1.54, 1.807) is 0 Å². The summed E-state index contributed by atoms with van der Waals surface area (Å²) in [5, 5.41) is 4.62. The van der Waals surface area contributed by atoms with Crippen LogP contribution in [0, 0.1) is 0 Å². The molecule has 0 spiro atoms. The van der Waals surface area contributed by atoms with Crippen LogP contribution in [0.3, 0.4) is 0 Å². The Morgan fingerprint density at radius 1 is 0.930 bits per heavy atom. The lowest BCUT2D eigenvalue weighted by Gasteiger charge is -2.41. The summed E-state index contributed by atoms with van der Waals surface area (Å²) in [5.74, 6) is 0.699. The van der Waals surface area contributed by atoms with E-state index in [0.717, 1.165) is 62.4 Å². The molecule has 1 aromatic heterocycles. The molecule has 5 rings (SSSR count). The first-order valence-corrected chi connectivity index (χ1v) is 19.8. The SMILES string of the molecule is C[Si](C)(C)CCOCn1nccc1C1CCCN(C(=O)OCc2ccccc2)C1COC1CCC(c2ccccc2)CC1. The Labute approximate surface area is 258 Å². The molecule has 43 heavy (non-hydrogen) atoms. The normalized spacial score (nSPS) is 22.8. The molecule has 0 N–H and O–H groups in total. The lowest BCUT2D eigenvalue weighted by atomic mass is 9.82. The van der Waals surface area contributed by atoms with E-state index in [2.05, 4.69) is 61.1 Å².